The molecule has 3 nitrogen and oxygen atoms in total. The highest BCUT2D eigenvalue weighted by Crippen LogP contribution is 2.27. The topological polar surface area (TPSA) is 45.0 Å². The fourth-order valence-electron chi connectivity index (χ4n) is 3.03. The van der Waals surface area contributed by atoms with Crippen molar-refractivity contribution in [2.45, 2.75) is 12.3 Å². The first kappa shape index (κ1) is 15.5. The Hall–Kier alpha value is -3.04. The van der Waals surface area contributed by atoms with Crippen molar-refractivity contribution in [3.63, 3.8) is 0 Å². The molecule has 0 aromatic heterocycles. The smallest absolute Gasteiger partial charge is 0.259 e. The lowest BCUT2D eigenvalue weighted by molar-refractivity contribution is 0.0634. The van der Waals surface area contributed by atoms with E-state index in [1.807, 2.05) is 91.0 Å². The molecule has 0 fully saturated rings. The van der Waals surface area contributed by atoms with E-state index in [1.165, 1.54) is 0 Å². The van der Waals surface area contributed by atoms with Crippen molar-refractivity contribution in [3.8, 4) is 0 Å². The second-order valence-corrected chi connectivity index (χ2v) is 6.09. The quantitative estimate of drug-likeness (QED) is 0.777. The molecular weight excluding hydrogens is 308 g/mol. The van der Waals surface area contributed by atoms with Gasteiger partial charge in [-0.2, -0.15) is 0 Å². The van der Waals surface area contributed by atoms with Gasteiger partial charge < -0.3 is 5.11 Å². The summed E-state index contributed by atoms with van der Waals surface area (Å²) in [6.45, 7) is 0. The van der Waals surface area contributed by atoms with Crippen LogP contribution in [-0.2, 0) is 6.42 Å². The Bertz CT molecular complexity index is 861. The first-order valence-corrected chi connectivity index (χ1v) is 8.31. The van der Waals surface area contributed by atoms with Crippen LogP contribution in [0.3, 0.4) is 0 Å². The highest BCUT2D eigenvalue weighted by molar-refractivity contribution is 6.54. The zero-order valence-corrected chi connectivity index (χ0v) is 13.7. The Morgan fingerprint density at radius 1 is 0.600 bits per heavy atom. The van der Waals surface area contributed by atoms with Crippen molar-refractivity contribution in [2.24, 2.45) is 9.98 Å². The van der Waals surface area contributed by atoms with Gasteiger partial charge in [-0.05, 0) is 5.56 Å². The average Bonchev–Trinajstić information content (AvgIpc) is 3.01. The summed E-state index contributed by atoms with van der Waals surface area (Å²) in [6, 6.07) is 29.6. The first-order valence-electron chi connectivity index (χ1n) is 8.31. The molecule has 1 aliphatic rings. The third-order valence-corrected chi connectivity index (χ3v) is 4.18. The lowest BCUT2D eigenvalue weighted by atomic mass is 10.0. The number of benzene rings is 3. The summed E-state index contributed by atoms with van der Waals surface area (Å²) in [5.41, 5.74) is 4.36. The molecule has 0 amide bonds. The second-order valence-electron chi connectivity index (χ2n) is 6.09. The number of rotatable bonds is 4. The molecule has 4 rings (SSSR count). The van der Waals surface area contributed by atoms with Crippen LogP contribution < -0.4 is 0 Å². The van der Waals surface area contributed by atoms with Crippen LogP contribution in [0.2, 0.25) is 0 Å². The summed E-state index contributed by atoms with van der Waals surface area (Å²) >= 11 is 0. The van der Waals surface area contributed by atoms with Crippen molar-refractivity contribution in [3.05, 3.63) is 108 Å². The molecule has 1 heterocycles. The second kappa shape index (κ2) is 6.46. The van der Waals surface area contributed by atoms with Gasteiger partial charge in [-0.3, -0.25) is 0 Å². The van der Waals surface area contributed by atoms with E-state index < -0.39 is 5.85 Å². The Balaban J connectivity index is 1.78. The van der Waals surface area contributed by atoms with Crippen molar-refractivity contribution >= 4 is 11.4 Å². The molecule has 1 aliphatic heterocycles. The van der Waals surface area contributed by atoms with Crippen LogP contribution in [-0.4, -0.2) is 22.4 Å². The minimum atomic E-state index is -1.47. The summed E-state index contributed by atoms with van der Waals surface area (Å²) in [7, 11) is 0. The fraction of sp³-hybridized carbons (Fsp3) is 0.0909. The highest BCUT2D eigenvalue weighted by atomic mass is 16.3. The number of aliphatic imine (C=N–C) groups is 2. The Kier molecular flexibility index (Phi) is 4.00. The molecule has 0 saturated carbocycles. The molecule has 0 atom stereocenters. The summed E-state index contributed by atoms with van der Waals surface area (Å²) < 4.78 is 0. The standard InChI is InChI=1S/C22H18N2O/c25-22(16-17-10-4-1-5-11-17)23-20(18-12-6-2-7-13-18)21(24-22)19-14-8-3-9-15-19/h1-15,25H,16H2. The van der Waals surface area contributed by atoms with Crippen molar-refractivity contribution in [2.75, 3.05) is 0 Å². The third-order valence-electron chi connectivity index (χ3n) is 4.18. The average molecular weight is 326 g/mol. The zero-order chi connectivity index (χ0) is 17.1. The van der Waals surface area contributed by atoms with Crippen molar-refractivity contribution in [1.82, 2.24) is 0 Å². The fourth-order valence-corrected chi connectivity index (χ4v) is 3.03. The van der Waals surface area contributed by atoms with Gasteiger partial charge in [0.25, 0.3) is 5.85 Å². The van der Waals surface area contributed by atoms with E-state index in [4.69, 9.17) is 0 Å². The molecule has 1 N–H and O–H groups in total. The molecule has 122 valence electrons. The molecule has 0 saturated heterocycles. The van der Waals surface area contributed by atoms with Crippen LogP contribution in [0, 0.1) is 0 Å². The van der Waals surface area contributed by atoms with Gasteiger partial charge in [-0.15, -0.1) is 0 Å². The molecule has 0 aliphatic carbocycles. The molecule has 3 aromatic rings. The minimum Gasteiger partial charge on any atom is -0.351 e. The first-order chi connectivity index (χ1) is 12.2. The Morgan fingerprint density at radius 3 is 1.44 bits per heavy atom. The Labute approximate surface area is 147 Å². The summed E-state index contributed by atoms with van der Waals surface area (Å²) in [6.07, 6.45) is 0.348. The normalized spacial score (nSPS) is 15.6. The summed E-state index contributed by atoms with van der Waals surface area (Å²) in [5, 5.41) is 11.0. The van der Waals surface area contributed by atoms with E-state index in [9.17, 15) is 5.11 Å². The van der Waals surface area contributed by atoms with Gasteiger partial charge in [0.1, 0.15) is 0 Å². The van der Waals surface area contributed by atoms with Gasteiger partial charge in [-0.25, -0.2) is 9.98 Å². The largest absolute Gasteiger partial charge is 0.351 e. The van der Waals surface area contributed by atoms with Crippen LogP contribution in [0.15, 0.2) is 101 Å². The van der Waals surface area contributed by atoms with Gasteiger partial charge >= 0.3 is 0 Å². The van der Waals surface area contributed by atoms with E-state index in [2.05, 4.69) is 9.98 Å². The van der Waals surface area contributed by atoms with Gasteiger partial charge in [0, 0.05) is 17.5 Å². The highest BCUT2D eigenvalue weighted by Gasteiger charge is 2.35. The predicted molar refractivity (Wildman–Crippen MR) is 101 cm³/mol. The van der Waals surface area contributed by atoms with Crippen LogP contribution in [0.25, 0.3) is 0 Å². The van der Waals surface area contributed by atoms with E-state index in [0.29, 0.717) is 6.42 Å². The van der Waals surface area contributed by atoms with E-state index in [1.54, 1.807) is 0 Å². The SMILES string of the molecule is OC1(Cc2ccccc2)N=C(c2ccccc2)C(c2ccccc2)=N1. The minimum absolute atomic E-state index is 0.348. The molecule has 25 heavy (non-hydrogen) atoms. The van der Waals surface area contributed by atoms with Crippen LogP contribution >= 0.6 is 0 Å². The van der Waals surface area contributed by atoms with Crippen LogP contribution in [0.4, 0.5) is 0 Å². The monoisotopic (exact) mass is 326 g/mol. The maximum atomic E-state index is 11.0. The number of nitrogens with zero attached hydrogens (tertiary/aromatic N) is 2. The predicted octanol–water partition coefficient (Wildman–Crippen LogP) is 3.87. The number of aliphatic hydroxyl groups is 1. The third kappa shape index (κ3) is 3.28. The molecule has 0 bridgehead atoms. The van der Waals surface area contributed by atoms with E-state index in [0.717, 1.165) is 28.1 Å². The molecule has 0 unspecified atom stereocenters. The molecular formula is C22H18N2O. The maximum Gasteiger partial charge on any atom is 0.259 e. The van der Waals surface area contributed by atoms with Gasteiger partial charge in [0.05, 0.1) is 11.4 Å². The molecule has 3 heteroatoms. The molecule has 0 spiro atoms. The summed E-state index contributed by atoms with van der Waals surface area (Å²) in [4.78, 5) is 9.22. The van der Waals surface area contributed by atoms with Crippen molar-refractivity contribution in [1.29, 1.82) is 0 Å². The zero-order valence-electron chi connectivity index (χ0n) is 13.7. The van der Waals surface area contributed by atoms with Gasteiger partial charge in [0.15, 0.2) is 0 Å². The van der Waals surface area contributed by atoms with Crippen LogP contribution in [0.5, 0.6) is 0 Å². The lowest BCUT2D eigenvalue weighted by Gasteiger charge is -2.15. The van der Waals surface area contributed by atoms with Crippen molar-refractivity contribution < 1.29 is 5.11 Å². The summed E-state index contributed by atoms with van der Waals surface area (Å²) in [5.74, 6) is -1.47. The molecule has 0 radical (unpaired) electrons. The lowest BCUT2D eigenvalue weighted by Crippen LogP contribution is -2.24. The van der Waals surface area contributed by atoms with Gasteiger partial charge in [0.2, 0.25) is 0 Å². The van der Waals surface area contributed by atoms with Crippen LogP contribution in [0.1, 0.15) is 16.7 Å². The van der Waals surface area contributed by atoms with Gasteiger partial charge in [-0.1, -0.05) is 91.0 Å². The van der Waals surface area contributed by atoms with E-state index in [-0.39, 0.29) is 0 Å². The number of hydrogen-bond donors (Lipinski definition) is 1. The Morgan fingerprint density at radius 2 is 1.00 bits per heavy atom. The maximum absolute atomic E-state index is 11.0. The number of hydrogen-bond acceptors (Lipinski definition) is 3. The van der Waals surface area contributed by atoms with E-state index >= 15 is 0 Å². The molecule has 3 aromatic carbocycles.